The minimum absolute atomic E-state index is 0.145. The molecule has 15 heavy (non-hydrogen) atoms. The second-order valence-corrected chi connectivity index (χ2v) is 7.14. The zero-order valence-electron chi connectivity index (χ0n) is 9.79. The van der Waals surface area contributed by atoms with Gasteiger partial charge in [0.2, 0.25) is 0 Å². The van der Waals surface area contributed by atoms with Crippen molar-refractivity contribution in [3.63, 3.8) is 0 Å². The van der Waals surface area contributed by atoms with E-state index in [2.05, 4.69) is 16.1 Å². The molecule has 2 aliphatic rings. The standard InChI is InChI=1S/C11H23ClN2Si/c1-2-3-9-13-11(12)14(15-13)10-7-5-4-6-8-10/h10-11H,2-9,15H2,1H3. The summed E-state index contributed by atoms with van der Waals surface area (Å²) in [4.78, 5) is 0. The molecule has 0 aromatic heterocycles. The first-order valence-electron chi connectivity index (χ1n) is 6.47. The molecule has 1 saturated heterocycles. The van der Waals surface area contributed by atoms with Gasteiger partial charge in [0.25, 0.3) is 0 Å². The smallest absolute Gasteiger partial charge is 0.177 e. The molecule has 2 nitrogen and oxygen atoms in total. The van der Waals surface area contributed by atoms with Crippen molar-refractivity contribution >= 4 is 21.4 Å². The lowest BCUT2D eigenvalue weighted by molar-refractivity contribution is 0.0986. The highest BCUT2D eigenvalue weighted by molar-refractivity contribution is 6.39. The van der Waals surface area contributed by atoms with E-state index in [9.17, 15) is 0 Å². The van der Waals surface area contributed by atoms with Crippen LogP contribution in [0.15, 0.2) is 0 Å². The molecule has 1 atom stereocenters. The monoisotopic (exact) mass is 246 g/mol. The van der Waals surface area contributed by atoms with Gasteiger partial charge in [0, 0.05) is 6.04 Å². The zero-order chi connectivity index (χ0) is 10.7. The Kier molecular flexibility index (Phi) is 4.49. The van der Waals surface area contributed by atoms with Crippen LogP contribution in [0.5, 0.6) is 0 Å². The van der Waals surface area contributed by atoms with Crippen molar-refractivity contribution in [2.75, 3.05) is 6.54 Å². The van der Waals surface area contributed by atoms with E-state index in [1.165, 1.54) is 51.5 Å². The third kappa shape index (κ3) is 2.76. The Bertz CT molecular complexity index is 197. The Morgan fingerprint density at radius 3 is 2.60 bits per heavy atom. The molecule has 0 radical (unpaired) electrons. The fraction of sp³-hybridized carbons (Fsp3) is 1.00. The summed E-state index contributed by atoms with van der Waals surface area (Å²) in [6.07, 6.45) is 9.70. The molecule has 4 heteroatoms. The predicted octanol–water partition coefficient (Wildman–Crippen LogP) is 2.26. The van der Waals surface area contributed by atoms with Crippen molar-refractivity contribution in [2.45, 2.75) is 63.5 Å². The SMILES string of the molecule is CCCCN1[SiH2]N(C2CCCCC2)C1Cl. The van der Waals surface area contributed by atoms with Crippen LogP contribution in [0.2, 0.25) is 0 Å². The largest absolute Gasteiger partial charge is 0.289 e. The van der Waals surface area contributed by atoms with Crippen LogP contribution in [0.4, 0.5) is 0 Å². The van der Waals surface area contributed by atoms with Gasteiger partial charge in [0.1, 0.15) is 5.62 Å². The molecule has 1 saturated carbocycles. The molecule has 88 valence electrons. The van der Waals surface area contributed by atoms with Crippen LogP contribution in [-0.2, 0) is 0 Å². The van der Waals surface area contributed by atoms with Gasteiger partial charge in [-0.15, -0.1) is 0 Å². The molecule has 0 bridgehead atoms. The van der Waals surface area contributed by atoms with Gasteiger partial charge in [-0.25, -0.2) is 0 Å². The third-order valence-electron chi connectivity index (χ3n) is 3.76. The first-order valence-corrected chi connectivity index (χ1v) is 8.17. The minimum atomic E-state index is -0.145. The number of halogens is 1. The molecule has 1 aliphatic heterocycles. The Morgan fingerprint density at radius 2 is 2.00 bits per heavy atom. The Labute approximate surface area is 101 Å². The summed E-state index contributed by atoms with van der Waals surface area (Å²) >= 11 is 6.44. The first kappa shape index (κ1) is 11.9. The molecule has 1 heterocycles. The van der Waals surface area contributed by atoms with Gasteiger partial charge in [-0.05, 0) is 25.8 Å². The normalized spacial score (nSPS) is 32.0. The number of rotatable bonds is 4. The second-order valence-electron chi connectivity index (χ2n) is 4.92. The fourth-order valence-electron chi connectivity index (χ4n) is 2.70. The summed E-state index contributed by atoms with van der Waals surface area (Å²) in [6.45, 7) is 3.49. The van der Waals surface area contributed by atoms with Crippen LogP contribution >= 0.6 is 11.6 Å². The van der Waals surface area contributed by atoms with E-state index >= 15 is 0 Å². The van der Waals surface area contributed by atoms with Crippen LogP contribution < -0.4 is 0 Å². The highest BCUT2D eigenvalue weighted by Crippen LogP contribution is 2.30. The quantitative estimate of drug-likeness (QED) is 0.427. The summed E-state index contributed by atoms with van der Waals surface area (Å²) in [6, 6.07) is 0.839. The van der Waals surface area contributed by atoms with Crippen LogP contribution in [0.3, 0.4) is 0 Å². The van der Waals surface area contributed by atoms with Gasteiger partial charge < -0.3 is 0 Å². The average molecular weight is 247 g/mol. The number of alkyl halides is 1. The molecule has 0 spiro atoms. The summed E-state index contributed by atoms with van der Waals surface area (Å²) in [5.41, 5.74) is 0.256. The van der Waals surface area contributed by atoms with E-state index in [0.717, 1.165) is 6.04 Å². The molecule has 0 aromatic carbocycles. The Hall–Kier alpha value is 0.427. The number of unbranched alkanes of at least 4 members (excludes halogenated alkanes) is 1. The van der Waals surface area contributed by atoms with E-state index in [1.54, 1.807) is 0 Å². The molecule has 0 N–H and O–H groups in total. The van der Waals surface area contributed by atoms with E-state index < -0.39 is 0 Å². The van der Waals surface area contributed by atoms with Crippen LogP contribution in [0.25, 0.3) is 0 Å². The van der Waals surface area contributed by atoms with E-state index in [-0.39, 0.29) is 15.5 Å². The summed E-state index contributed by atoms with van der Waals surface area (Å²) in [5, 5.41) is 0. The lowest BCUT2D eigenvalue weighted by Gasteiger charge is -2.52. The molecular formula is C11H23ClN2Si. The van der Waals surface area contributed by atoms with Crippen molar-refractivity contribution < 1.29 is 0 Å². The number of nitrogens with zero attached hydrogens (tertiary/aromatic N) is 2. The van der Waals surface area contributed by atoms with Crippen molar-refractivity contribution in [2.24, 2.45) is 0 Å². The molecule has 1 unspecified atom stereocenters. The lowest BCUT2D eigenvalue weighted by Crippen LogP contribution is -2.67. The van der Waals surface area contributed by atoms with Gasteiger partial charge in [-0.1, -0.05) is 44.2 Å². The summed E-state index contributed by atoms with van der Waals surface area (Å²) in [7, 11) is -0.145. The second kappa shape index (κ2) is 5.67. The van der Waals surface area contributed by atoms with Crippen molar-refractivity contribution in [1.82, 2.24) is 9.13 Å². The lowest BCUT2D eigenvalue weighted by atomic mass is 9.96. The summed E-state index contributed by atoms with van der Waals surface area (Å²) < 4.78 is 5.15. The molecule has 2 fully saturated rings. The van der Waals surface area contributed by atoms with Crippen molar-refractivity contribution in [3.05, 3.63) is 0 Å². The van der Waals surface area contributed by atoms with Gasteiger partial charge in [0.05, 0.1) is 0 Å². The topological polar surface area (TPSA) is 6.48 Å². The average Bonchev–Trinajstić information content (AvgIpc) is 2.29. The minimum Gasteiger partial charge on any atom is -0.289 e. The molecule has 1 aliphatic carbocycles. The van der Waals surface area contributed by atoms with Gasteiger partial charge in [0.15, 0.2) is 9.84 Å². The maximum atomic E-state index is 6.44. The summed E-state index contributed by atoms with van der Waals surface area (Å²) in [5.74, 6) is 0. The van der Waals surface area contributed by atoms with Crippen LogP contribution in [0.1, 0.15) is 51.9 Å². The highest BCUT2D eigenvalue weighted by atomic mass is 35.5. The highest BCUT2D eigenvalue weighted by Gasteiger charge is 2.39. The first-order chi connectivity index (χ1) is 7.33. The van der Waals surface area contributed by atoms with Crippen molar-refractivity contribution in [3.8, 4) is 0 Å². The number of hydrogen-bond acceptors (Lipinski definition) is 2. The van der Waals surface area contributed by atoms with Crippen LogP contribution in [0, 0.1) is 0 Å². The maximum absolute atomic E-state index is 6.44. The maximum Gasteiger partial charge on any atom is 0.177 e. The predicted molar refractivity (Wildman–Crippen MR) is 68.5 cm³/mol. The van der Waals surface area contributed by atoms with Gasteiger partial charge in [-0.2, -0.15) is 0 Å². The van der Waals surface area contributed by atoms with Crippen LogP contribution in [-0.4, -0.2) is 37.2 Å². The molecule has 2 rings (SSSR count). The van der Waals surface area contributed by atoms with Gasteiger partial charge >= 0.3 is 0 Å². The third-order valence-corrected chi connectivity index (χ3v) is 6.97. The van der Waals surface area contributed by atoms with E-state index in [4.69, 9.17) is 11.6 Å². The number of hydrogen-bond donors (Lipinski definition) is 0. The Morgan fingerprint density at radius 1 is 1.27 bits per heavy atom. The molecular weight excluding hydrogens is 224 g/mol. The Balaban J connectivity index is 1.72. The molecule has 0 amide bonds. The van der Waals surface area contributed by atoms with Crippen molar-refractivity contribution in [1.29, 1.82) is 0 Å². The van der Waals surface area contributed by atoms with E-state index in [1.807, 2.05) is 0 Å². The van der Waals surface area contributed by atoms with Gasteiger partial charge in [-0.3, -0.25) is 9.13 Å². The zero-order valence-corrected chi connectivity index (χ0v) is 12.0. The molecule has 0 aromatic rings. The van der Waals surface area contributed by atoms with E-state index in [0.29, 0.717) is 0 Å². The fourth-order valence-corrected chi connectivity index (χ4v) is 5.11.